The largest absolute Gasteiger partial charge is 0.357 e. The van der Waals surface area contributed by atoms with Crippen molar-refractivity contribution in [2.24, 2.45) is 4.99 Å². The molecule has 1 saturated heterocycles. The minimum absolute atomic E-state index is 0.217. The summed E-state index contributed by atoms with van der Waals surface area (Å²) in [5.41, 5.74) is 4.63. The number of hydrogen-bond acceptors (Lipinski definition) is 3. The van der Waals surface area contributed by atoms with Crippen LogP contribution in [0.2, 0.25) is 0 Å². The van der Waals surface area contributed by atoms with Crippen LogP contribution in [-0.2, 0) is 24.4 Å². The molecule has 6 nitrogen and oxygen atoms in total. The molecule has 0 spiro atoms. The first kappa shape index (κ1) is 21.8. The van der Waals surface area contributed by atoms with E-state index in [1.54, 1.807) is 0 Å². The molecule has 3 rings (SSSR count). The fourth-order valence-corrected chi connectivity index (χ4v) is 3.53. The minimum atomic E-state index is 0.217. The summed E-state index contributed by atoms with van der Waals surface area (Å²) in [6, 6.07) is 16.8. The number of hydrogen-bond donors (Lipinski definition) is 2. The maximum atomic E-state index is 11.9. The predicted molar refractivity (Wildman–Crippen MR) is 124 cm³/mol. The average molecular weight is 408 g/mol. The van der Waals surface area contributed by atoms with E-state index >= 15 is 0 Å². The molecule has 1 aliphatic heterocycles. The van der Waals surface area contributed by atoms with Gasteiger partial charge in [-0.2, -0.15) is 0 Å². The lowest BCUT2D eigenvalue weighted by Gasteiger charge is -2.16. The van der Waals surface area contributed by atoms with E-state index in [0.29, 0.717) is 13.0 Å². The Morgan fingerprint density at radius 1 is 1.00 bits per heavy atom. The van der Waals surface area contributed by atoms with Crippen LogP contribution in [-0.4, -0.2) is 44.0 Å². The van der Waals surface area contributed by atoms with Crippen LogP contribution in [0.5, 0.6) is 0 Å². The fourth-order valence-electron chi connectivity index (χ4n) is 3.53. The number of guanidine groups is 1. The smallest absolute Gasteiger partial charge is 0.227 e. The number of aliphatic imine (C=N–C) groups is 1. The number of anilines is 1. The Morgan fingerprint density at radius 2 is 1.67 bits per heavy atom. The summed E-state index contributed by atoms with van der Waals surface area (Å²) in [7, 11) is 4.15. The highest BCUT2D eigenvalue weighted by Gasteiger charge is 2.21. The van der Waals surface area contributed by atoms with E-state index in [1.807, 2.05) is 17.0 Å². The van der Waals surface area contributed by atoms with Crippen molar-refractivity contribution in [2.45, 2.75) is 39.4 Å². The van der Waals surface area contributed by atoms with E-state index in [-0.39, 0.29) is 5.91 Å². The number of carbonyl (C=O) groups is 1. The monoisotopic (exact) mass is 407 g/mol. The Bertz CT molecular complexity index is 843. The number of rotatable bonds is 8. The van der Waals surface area contributed by atoms with E-state index in [9.17, 15) is 4.79 Å². The van der Waals surface area contributed by atoms with Crippen molar-refractivity contribution < 1.29 is 4.79 Å². The van der Waals surface area contributed by atoms with Gasteiger partial charge in [-0.15, -0.1) is 0 Å². The highest BCUT2D eigenvalue weighted by Crippen LogP contribution is 2.21. The van der Waals surface area contributed by atoms with Gasteiger partial charge in [0.2, 0.25) is 5.91 Å². The Balaban J connectivity index is 1.55. The summed E-state index contributed by atoms with van der Waals surface area (Å²) in [5, 5.41) is 6.71. The predicted octanol–water partition coefficient (Wildman–Crippen LogP) is 3.13. The topological polar surface area (TPSA) is 60.0 Å². The third-order valence-corrected chi connectivity index (χ3v) is 5.07. The van der Waals surface area contributed by atoms with Gasteiger partial charge in [-0.3, -0.25) is 4.79 Å². The number of carbonyl (C=O) groups excluding carboxylic acids is 1. The maximum Gasteiger partial charge on any atom is 0.227 e. The zero-order valence-electron chi connectivity index (χ0n) is 18.3. The first-order chi connectivity index (χ1) is 14.5. The highest BCUT2D eigenvalue weighted by molar-refractivity contribution is 5.95. The van der Waals surface area contributed by atoms with Crippen LogP contribution in [0.3, 0.4) is 0 Å². The van der Waals surface area contributed by atoms with Crippen molar-refractivity contribution in [1.82, 2.24) is 15.5 Å². The first-order valence-corrected chi connectivity index (χ1v) is 10.7. The Hall–Kier alpha value is -2.86. The molecule has 6 heteroatoms. The van der Waals surface area contributed by atoms with Crippen LogP contribution in [0, 0.1) is 0 Å². The van der Waals surface area contributed by atoms with Gasteiger partial charge in [-0.25, -0.2) is 4.99 Å². The van der Waals surface area contributed by atoms with Crippen LogP contribution in [0.4, 0.5) is 5.69 Å². The van der Waals surface area contributed by atoms with Gasteiger partial charge in [0.15, 0.2) is 5.96 Å². The quantitative estimate of drug-likeness (QED) is 0.521. The molecular formula is C24H33N5O. The molecule has 30 heavy (non-hydrogen) atoms. The minimum Gasteiger partial charge on any atom is -0.357 e. The molecule has 0 aliphatic carbocycles. The summed E-state index contributed by atoms with van der Waals surface area (Å²) in [6.45, 7) is 5.96. The standard InChI is InChI=1S/C24H33N5O/c1-4-25-24(26-16-19-7-9-21(10-8-19)18-28(2)3)27-17-20-11-13-22(14-12-20)29-15-5-6-23(29)30/h7-14H,4-6,15-18H2,1-3H3,(H2,25,26,27). The molecule has 160 valence electrons. The van der Waals surface area contributed by atoms with Gasteiger partial charge in [0.1, 0.15) is 0 Å². The van der Waals surface area contributed by atoms with E-state index < -0.39 is 0 Å². The second kappa shape index (κ2) is 10.8. The Morgan fingerprint density at radius 3 is 2.27 bits per heavy atom. The molecule has 2 aromatic rings. The van der Waals surface area contributed by atoms with E-state index in [4.69, 9.17) is 4.99 Å². The lowest BCUT2D eigenvalue weighted by atomic mass is 10.1. The zero-order chi connectivity index (χ0) is 21.3. The van der Waals surface area contributed by atoms with Gasteiger partial charge in [0, 0.05) is 38.3 Å². The van der Waals surface area contributed by atoms with Gasteiger partial charge >= 0.3 is 0 Å². The molecule has 0 atom stereocenters. The molecule has 0 saturated carbocycles. The van der Waals surface area contributed by atoms with Gasteiger partial charge in [0.05, 0.1) is 6.54 Å². The number of benzene rings is 2. The van der Waals surface area contributed by atoms with Crippen molar-refractivity contribution >= 4 is 17.6 Å². The molecule has 1 heterocycles. The Labute approximate surface area is 180 Å². The zero-order valence-corrected chi connectivity index (χ0v) is 18.3. The first-order valence-electron chi connectivity index (χ1n) is 10.7. The molecule has 0 aromatic heterocycles. The van der Waals surface area contributed by atoms with Crippen LogP contribution < -0.4 is 15.5 Å². The normalized spacial score (nSPS) is 14.5. The molecule has 0 radical (unpaired) electrons. The van der Waals surface area contributed by atoms with Gasteiger partial charge in [-0.1, -0.05) is 36.4 Å². The second-order valence-electron chi connectivity index (χ2n) is 7.92. The highest BCUT2D eigenvalue weighted by atomic mass is 16.2. The summed E-state index contributed by atoms with van der Waals surface area (Å²) in [5.74, 6) is 1.02. The van der Waals surface area contributed by atoms with Gasteiger partial charge in [0.25, 0.3) is 0 Å². The summed E-state index contributed by atoms with van der Waals surface area (Å²) >= 11 is 0. The second-order valence-corrected chi connectivity index (χ2v) is 7.92. The van der Waals surface area contributed by atoms with Crippen molar-refractivity contribution in [3.63, 3.8) is 0 Å². The van der Waals surface area contributed by atoms with E-state index in [0.717, 1.165) is 49.8 Å². The molecule has 0 bridgehead atoms. The lowest BCUT2D eigenvalue weighted by Crippen LogP contribution is -2.36. The van der Waals surface area contributed by atoms with Gasteiger partial charge in [-0.05, 0) is 56.3 Å². The number of nitrogens with zero attached hydrogens (tertiary/aromatic N) is 3. The molecule has 2 N–H and O–H groups in total. The van der Waals surface area contributed by atoms with Crippen molar-refractivity contribution in [3.8, 4) is 0 Å². The van der Waals surface area contributed by atoms with Crippen LogP contribution >= 0.6 is 0 Å². The van der Waals surface area contributed by atoms with Crippen molar-refractivity contribution in [3.05, 3.63) is 65.2 Å². The fraction of sp³-hybridized carbons (Fsp3) is 0.417. The van der Waals surface area contributed by atoms with Crippen molar-refractivity contribution in [1.29, 1.82) is 0 Å². The average Bonchev–Trinajstić information content (AvgIpc) is 3.17. The van der Waals surface area contributed by atoms with Crippen LogP contribution in [0.1, 0.15) is 36.5 Å². The van der Waals surface area contributed by atoms with E-state index in [1.165, 1.54) is 11.1 Å². The molecule has 0 unspecified atom stereocenters. The lowest BCUT2D eigenvalue weighted by molar-refractivity contribution is -0.117. The number of nitrogens with one attached hydrogen (secondary N) is 2. The maximum absolute atomic E-state index is 11.9. The van der Waals surface area contributed by atoms with Gasteiger partial charge < -0.3 is 20.4 Å². The SMILES string of the molecule is CCNC(=NCc1ccc(N2CCCC2=O)cc1)NCc1ccc(CN(C)C)cc1. The molecule has 1 fully saturated rings. The third-order valence-electron chi connectivity index (χ3n) is 5.07. The molecule has 1 aliphatic rings. The van der Waals surface area contributed by atoms with Crippen LogP contribution in [0.15, 0.2) is 53.5 Å². The summed E-state index contributed by atoms with van der Waals surface area (Å²) in [6.07, 6.45) is 1.60. The molecular weight excluding hydrogens is 374 g/mol. The summed E-state index contributed by atoms with van der Waals surface area (Å²) < 4.78 is 0. The third kappa shape index (κ3) is 6.32. The Kier molecular flexibility index (Phi) is 7.85. The molecule has 2 aromatic carbocycles. The van der Waals surface area contributed by atoms with E-state index in [2.05, 4.69) is 73.0 Å². The number of amides is 1. The molecule has 1 amide bonds. The summed E-state index contributed by atoms with van der Waals surface area (Å²) in [4.78, 5) is 20.6. The van der Waals surface area contributed by atoms with Crippen molar-refractivity contribution in [2.75, 3.05) is 32.1 Å². The van der Waals surface area contributed by atoms with Crippen LogP contribution in [0.25, 0.3) is 0 Å².